The van der Waals surface area contributed by atoms with E-state index >= 15 is 0 Å². The first-order valence-corrected chi connectivity index (χ1v) is 4.90. The minimum absolute atomic E-state index is 0.0868. The van der Waals surface area contributed by atoms with E-state index in [9.17, 15) is 8.78 Å². The van der Waals surface area contributed by atoms with Crippen molar-refractivity contribution in [2.45, 2.75) is 19.6 Å². The van der Waals surface area contributed by atoms with Crippen molar-refractivity contribution in [3.63, 3.8) is 0 Å². The van der Waals surface area contributed by atoms with Gasteiger partial charge in [-0.1, -0.05) is 17.7 Å². The van der Waals surface area contributed by atoms with E-state index in [0.717, 1.165) is 11.3 Å². The Morgan fingerprint density at radius 1 is 1.13 bits per heavy atom. The highest BCUT2D eigenvalue weighted by Crippen LogP contribution is 2.21. The van der Waals surface area contributed by atoms with Crippen LogP contribution in [0.5, 0.6) is 0 Å². The van der Waals surface area contributed by atoms with Gasteiger partial charge in [0.05, 0.1) is 13.1 Å². The number of hydrogen-bond acceptors (Lipinski definition) is 2. The van der Waals surface area contributed by atoms with E-state index in [4.69, 9.17) is 0 Å². The van der Waals surface area contributed by atoms with Crippen LogP contribution in [0.4, 0.5) is 14.5 Å². The van der Waals surface area contributed by atoms with Gasteiger partial charge in [-0.25, -0.2) is 8.78 Å². The van der Waals surface area contributed by atoms with Crippen LogP contribution in [-0.2, 0) is 4.74 Å². The summed E-state index contributed by atoms with van der Waals surface area (Å²) in [5.41, 5.74) is 1.95. The van der Waals surface area contributed by atoms with Crippen LogP contribution in [-0.4, -0.2) is 25.8 Å². The van der Waals surface area contributed by atoms with Gasteiger partial charge in [-0.2, -0.15) is 0 Å². The van der Waals surface area contributed by atoms with Crippen molar-refractivity contribution in [3.05, 3.63) is 29.8 Å². The smallest absolute Gasteiger partial charge is 0.219 e. The SMILES string of the molecule is Cc1ccc(N2CC(F)OC(F)C2)cc1. The summed E-state index contributed by atoms with van der Waals surface area (Å²) < 4.78 is 30.3. The van der Waals surface area contributed by atoms with E-state index < -0.39 is 12.7 Å². The molecule has 2 atom stereocenters. The third kappa shape index (κ3) is 2.45. The van der Waals surface area contributed by atoms with Crippen molar-refractivity contribution >= 4 is 5.69 Å². The monoisotopic (exact) mass is 213 g/mol. The number of morpholine rings is 1. The average molecular weight is 213 g/mol. The third-order valence-corrected chi connectivity index (χ3v) is 2.42. The van der Waals surface area contributed by atoms with E-state index in [1.807, 2.05) is 31.2 Å². The Balaban J connectivity index is 2.12. The first-order chi connectivity index (χ1) is 7.15. The summed E-state index contributed by atoms with van der Waals surface area (Å²) in [6.07, 6.45) is -3.09. The third-order valence-electron chi connectivity index (χ3n) is 2.42. The highest BCUT2D eigenvalue weighted by Gasteiger charge is 2.27. The van der Waals surface area contributed by atoms with Gasteiger partial charge in [0.15, 0.2) is 0 Å². The fraction of sp³-hybridized carbons (Fsp3) is 0.455. The normalized spacial score (nSPS) is 26.7. The molecular formula is C11H13F2NO. The van der Waals surface area contributed by atoms with Crippen LogP contribution in [0.3, 0.4) is 0 Å². The van der Waals surface area contributed by atoms with E-state index in [-0.39, 0.29) is 13.1 Å². The van der Waals surface area contributed by atoms with E-state index in [2.05, 4.69) is 4.74 Å². The first-order valence-electron chi connectivity index (χ1n) is 4.90. The number of nitrogens with zero attached hydrogens (tertiary/aromatic N) is 1. The standard InChI is InChI=1S/C11H13F2NO/c1-8-2-4-9(5-3-8)14-6-10(12)15-11(13)7-14/h2-5,10-11H,6-7H2,1H3. The van der Waals surface area contributed by atoms with E-state index in [1.165, 1.54) is 0 Å². The van der Waals surface area contributed by atoms with Gasteiger partial charge in [-0.15, -0.1) is 0 Å². The number of halogens is 2. The topological polar surface area (TPSA) is 12.5 Å². The Hall–Kier alpha value is -1.16. The molecule has 1 aliphatic heterocycles. The van der Waals surface area contributed by atoms with Gasteiger partial charge in [0.1, 0.15) is 0 Å². The number of alkyl halides is 2. The minimum Gasteiger partial charge on any atom is -0.361 e. The zero-order chi connectivity index (χ0) is 10.8. The summed E-state index contributed by atoms with van der Waals surface area (Å²) in [5, 5.41) is 0. The number of anilines is 1. The molecular weight excluding hydrogens is 200 g/mol. The zero-order valence-corrected chi connectivity index (χ0v) is 8.49. The van der Waals surface area contributed by atoms with Gasteiger partial charge in [0.25, 0.3) is 0 Å². The van der Waals surface area contributed by atoms with Crippen LogP contribution in [0.25, 0.3) is 0 Å². The average Bonchev–Trinajstić information content (AvgIpc) is 2.17. The van der Waals surface area contributed by atoms with Gasteiger partial charge in [0.2, 0.25) is 12.7 Å². The van der Waals surface area contributed by atoms with Crippen molar-refractivity contribution < 1.29 is 13.5 Å². The van der Waals surface area contributed by atoms with Crippen molar-refractivity contribution in [1.82, 2.24) is 0 Å². The molecule has 2 rings (SSSR count). The summed E-state index contributed by atoms with van der Waals surface area (Å²) in [7, 11) is 0. The molecule has 0 spiro atoms. The lowest BCUT2D eigenvalue weighted by atomic mass is 10.2. The molecule has 1 fully saturated rings. The van der Waals surface area contributed by atoms with Crippen molar-refractivity contribution in [2.24, 2.45) is 0 Å². The molecule has 1 saturated heterocycles. The number of hydrogen-bond donors (Lipinski definition) is 0. The summed E-state index contributed by atoms with van der Waals surface area (Å²) in [6.45, 7) is 2.14. The molecule has 0 aromatic heterocycles. The molecule has 2 unspecified atom stereocenters. The molecule has 0 bridgehead atoms. The van der Waals surface area contributed by atoms with Crippen LogP contribution in [0.2, 0.25) is 0 Å². The molecule has 4 heteroatoms. The van der Waals surface area contributed by atoms with Gasteiger partial charge in [-0.05, 0) is 19.1 Å². The fourth-order valence-electron chi connectivity index (χ4n) is 1.63. The molecule has 0 N–H and O–H groups in total. The molecule has 0 saturated carbocycles. The Kier molecular flexibility index (Phi) is 2.86. The molecule has 0 radical (unpaired) electrons. The van der Waals surface area contributed by atoms with Crippen LogP contribution in [0.15, 0.2) is 24.3 Å². The lowest BCUT2D eigenvalue weighted by molar-refractivity contribution is -0.147. The Bertz CT molecular complexity index is 318. The summed E-state index contributed by atoms with van der Waals surface area (Å²) in [4.78, 5) is 1.65. The van der Waals surface area contributed by atoms with Crippen LogP contribution in [0.1, 0.15) is 5.56 Å². The van der Waals surface area contributed by atoms with Crippen LogP contribution in [0, 0.1) is 6.92 Å². The first kappa shape index (κ1) is 10.4. The maximum atomic E-state index is 12.9. The minimum atomic E-state index is -1.55. The lowest BCUT2D eigenvalue weighted by Crippen LogP contribution is -2.44. The van der Waals surface area contributed by atoms with Crippen molar-refractivity contribution in [2.75, 3.05) is 18.0 Å². The van der Waals surface area contributed by atoms with E-state index in [0.29, 0.717) is 0 Å². The number of aryl methyl sites for hydroxylation is 1. The highest BCUT2D eigenvalue weighted by molar-refractivity contribution is 5.47. The second-order valence-corrected chi connectivity index (χ2v) is 3.70. The van der Waals surface area contributed by atoms with Crippen LogP contribution < -0.4 is 4.90 Å². The largest absolute Gasteiger partial charge is 0.361 e. The molecule has 0 amide bonds. The summed E-state index contributed by atoms with van der Waals surface area (Å²) >= 11 is 0. The molecule has 15 heavy (non-hydrogen) atoms. The molecule has 1 aliphatic rings. The lowest BCUT2D eigenvalue weighted by Gasteiger charge is -2.32. The highest BCUT2D eigenvalue weighted by atomic mass is 19.2. The number of benzene rings is 1. The Morgan fingerprint density at radius 3 is 2.20 bits per heavy atom. The Labute approximate surface area is 87.5 Å². The number of ether oxygens (including phenoxy) is 1. The van der Waals surface area contributed by atoms with Crippen molar-refractivity contribution in [3.8, 4) is 0 Å². The van der Waals surface area contributed by atoms with Gasteiger partial charge in [-0.3, -0.25) is 0 Å². The molecule has 2 nitrogen and oxygen atoms in total. The zero-order valence-electron chi connectivity index (χ0n) is 8.49. The summed E-state index contributed by atoms with van der Waals surface area (Å²) in [6, 6.07) is 7.57. The van der Waals surface area contributed by atoms with E-state index in [1.54, 1.807) is 4.90 Å². The number of rotatable bonds is 1. The van der Waals surface area contributed by atoms with Crippen LogP contribution >= 0.6 is 0 Å². The summed E-state index contributed by atoms with van der Waals surface area (Å²) in [5.74, 6) is 0. The maximum absolute atomic E-state index is 12.9. The predicted octanol–water partition coefficient (Wildman–Crippen LogP) is 2.42. The fourth-order valence-corrected chi connectivity index (χ4v) is 1.63. The van der Waals surface area contributed by atoms with Crippen molar-refractivity contribution in [1.29, 1.82) is 0 Å². The molecule has 1 aromatic carbocycles. The van der Waals surface area contributed by atoms with Gasteiger partial charge in [0, 0.05) is 5.69 Å². The van der Waals surface area contributed by atoms with Gasteiger partial charge >= 0.3 is 0 Å². The molecule has 1 heterocycles. The molecule has 82 valence electrons. The second kappa shape index (κ2) is 4.14. The second-order valence-electron chi connectivity index (χ2n) is 3.70. The Morgan fingerprint density at radius 2 is 1.67 bits per heavy atom. The molecule has 0 aliphatic carbocycles. The maximum Gasteiger partial charge on any atom is 0.219 e. The quantitative estimate of drug-likeness (QED) is 0.710. The molecule has 1 aromatic rings. The van der Waals surface area contributed by atoms with Gasteiger partial charge < -0.3 is 9.64 Å². The predicted molar refractivity (Wildman–Crippen MR) is 54.3 cm³/mol.